The first-order valence-electron chi connectivity index (χ1n) is 5.33. The van der Waals surface area contributed by atoms with Gasteiger partial charge in [0, 0.05) is 12.0 Å². The van der Waals surface area contributed by atoms with Crippen molar-refractivity contribution in [3.63, 3.8) is 0 Å². The fraction of sp³-hybridized carbons (Fsp3) is 0.900. The minimum Gasteiger partial charge on any atom is -0.370 e. The van der Waals surface area contributed by atoms with Gasteiger partial charge in [0.05, 0.1) is 5.92 Å². The predicted molar refractivity (Wildman–Crippen MR) is 53.6 cm³/mol. The van der Waals surface area contributed by atoms with Crippen molar-refractivity contribution in [3.8, 4) is 0 Å². The molecule has 1 aliphatic rings. The smallest absolute Gasteiger partial charge is 0.370 e. The van der Waals surface area contributed by atoms with Crippen molar-refractivity contribution in [2.75, 3.05) is 7.05 Å². The van der Waals surface area contributed by atoms with Gasteiger partial charge in [0.1, 0.15) is 0 Å². The summed E-state index contributed by atoms with van der Waals surface area (Å²) in [5.41, 5.74) is 4.30. The molecule has 0 aromatic carbocycles. The molecule has 94 valence electrons. The second-order valence-corrected chi connectivity index (χ2v) is 4.51. The minimum absolute atomic E-state index is 0.0317. The molecular formula is C10H17F3N2O. The third kappa shape index (κ3) is 3.10. The number of alkyl halides is 3. The average Bonchev–Trinajstić information content (AvgIpc) is 2.16. The van der Waals surface area contributed by atoms with Crippen LogP contribution >= 0.6 is 0 Å². The molecular weight excluding hydrogens is 221 g/mol. The highest BCUT2D eigenvalue weighted by molar-refractivity contribution is 5.75. The summed E-state index contributed by atoms with van der Waals surface area (Å²) >= 11 is 0. The zero-order valence-corrected chi connectivity index (χ0v) is 9.23. The molecule has 1 aliphatic carbocycles. The van der Waals surface area contributed by atoms with Crippen molar-refractivity contribution in [1.29, 1.82) is 0 Å². The lowest BCUT2D eigenvalue weighted by molar-refractivity contribution is -0.188. The van der Waals surface area contributed by atoms with Crippen LogP contribution in [0.1, 0.15) is 32.1 Å². The third-order valence-electron chi connectivity index (χ3n) is 3.35. The van der Waals surface area contributed by atoms with Crippen LogP contribution in [-0.2, 0) is 4.79 Å². The Morgan fingerprint density at radius 1 is 1.56 bits per heavy atom. The first-order valence-corrected chi connectivity index (χ1v) is 5.33. The lowest BCUT2D eigenvalue weighted by atomic mass is 9.73. The number of hydrogen-bond acceptors (Lipinski definition) is 2. The standard InChI is InChI=1S/C10H17F3N2O/c1-15-9(6-8(14)16)4-2-3-7(5-9)10(11,12)13/h7,15H,2-6H2,1H3,(H2,14,16). The van der Waals surface area contributed by atoms with Gasteiger partial charge in [0.15, 0.2) is 0 Å². The summed E-state index contributed by atoms with van der Waals surface area (Å²) in [7, 11) is 1.59. The molecule has 0 aromatic rings. The Morgan fingerprint density at radius 3 is 2.62 bits per heavy atom. The third-order valence-corrected chi connectivity index (χ3v) is 3.35. The van der Waals surface area contributed by atoms with E-state index in [-0.39, 0.29) is 19.3 Å². The van der Waals surface area contributed by atoms with Crippen molar-refractivity contribution in [1.82, 2.24) is 5.32 Å². The molecule has 1 fully saturated rings. The number of amides is 1. The molecule has 6 heteroatoms. The molecule has 0 saturated heterocycles. The predicted octanol–water partition coefficient (Wildman–Crippen LogP) is 1.57. The van der Waals surface area contributed by atoms with Crippen LogP contribution in [0.3, 0.4) is 0 Å². The molecule has 2 unspecified atom stereocenters. The first-order chi connectivity index (χ1) is 7.29. The van der Waals surface area contributed by atoms with Crippen molar-refractivity contribution >= 4 is 5.91 Å². The Balaban J connectivity index is 2.76. The fourth-order valence-electron chi connectivity index (χ4n) is 2.45. The van der Waals surface area contributed by atoms with E-state index >= 15 is 0 Å². The Bertz CT molecular complexity index is 267. The molecule has 16 heavy (non-hydrogen) atoms. The lowest BCUT2D eigenvalue weighted by Crippen LogP contribution is -2.51. The highest BCUT2D eigenvalue weighted by Gasteiger charge is 2.47. The van der Waals surface area contributed by atoms with E-state index in [1.807, 2.05) is 0 Å². The van der Waals surface area contributed by atoms with Gasteiger partial charge in [-0.05, 0) is 26.3 Å². The van der Waals surface area contributed by atoms with Crippen LogP contribution < -0.4 is 11.1 Å². The largest absolute Gasteiger partial charge is 0.391 e. The van der Waals surface area contributed by atoms with Gasteiger partial charge in [-0.25, -0.2) is 0 Å². The number of primary amides is 1. The zero-order chi connectivity index (χ0) is 12.4. The van der Waals surface area contributed by atoms with Gasteiger partial charge in [-0.1, -0.05) is 6.42 Å². The fourth-order valence-corrected chi connectivity index (χ4v) is 2.45. The van der Waals surface area contributed by atoms with E-state index in [0.717, 1.165) is 0 Å². The van der Waals surface area contributed by atoms with Crippen LogP contribution in [0.5, 0.6) is 0 Å². The molecule has 1 rings (SSSR count). The van der Waals surface area contributed by atoms with Crippen LogP contribution in [0.2, 0.25) is 0 Å². The van der Waals surface area contributed by atoms with Crippen molar-refractivity contribution in [2.24, 2.45) is 11.7 Å². The monoisotopic (exact) mass is 238 g/mol. The molecule has 0 radical (unpaired) electrons. The summed E-state index contributed by atoms with van der Waals surface area (Å²) in [6.07, 6.45) is -3.09. The Morgan fingerprint density at radius 2 is 2.19 bits per heavy atom. The van der Waals surface area contributed by atoms with Crippen molar-refractivity contribution in [2.45, 2.75) is 43.8 Å². The molecule has 3 N–H and O–H groups in total. The highest BCUT2D eigenvalue weighted by Crippen LogP contribution is 2.42. The average molecular weight is 238 g/mol. The van der Waals surface area contributed by atoms with Crippen LogP contribution in [-0.4, -0.2) is 24.7 Å². The van der Waals surface area contributed by atoms with Crippen LogP contribution in [0, 0.1) is 5.92 Å². The molecule has 1 amide bonds. The molecule has 0 aromatic heterocycles. The van der Waals surface area contributed by atoms with Gasteiger partial charge < -0.3 is 11.1 Å². The summed E-state index contributed by atoms with van der Waals surface area (Å²) in [5.74, 6) is -1.88. The van der Waals surface area contributed by atoms with E-state index in [1.165, 1.54) is 0 Å². The van der Waals surface area contributed by atoms with Crippen LogP contribution in [0.25, 0.3) is 0 Å². The second-order valence-electron chi connectivity index (χ2n) is 4.51. The summed E-state index contributed by atoms with van der Waals surface area (Å²) in [6, 6.07) is 0. The second kappa shape index (κ2) is 4.61. The quantitative estimate of drug-likeness (QED) is 0.784. The summed E-state index contributed by atoms with van der Waals surface area (Å²) in [4.78, 5) is 10.9. The normalized spacial score (nSPS) is 31.4. The van der Waals surface area contributed by atoms with Crippen molar-refractivity contribution in [3.05, 3.63) is 0 Å². The molecule has 0 spiro atoms. The summed E-state index contributed by atoms with van der Waals surface area (Å²) < 4.78 is 37.8. The maximum Gasteiger partial charge on any atom is 0.391 e. The Labute approximate surface area is 92.6 Å². The van der Waals surface area contributed by atoms with E-state index in [1.54, 1.807) is 7.05 Å². The van der Waals surface area contributed by atoms with E-state index in [9.17, 15) is 18.0 Å². The SMILES string of the molecule is CNC1(CC(N)=O)CCCC(C(F)(F)F)C1. The molecule has 1 saturated carbocycles. The number of carbonyl (C=O) groups is 1. The molecule has 0 aliphatic heterocycles. The number of rotatable bonds is 3. The lowest BCUT2D eigenvalue weighted by Gasteiger charge is -2.40. The first kappa shape index (κ1) is 13.3. The number of nitrogens with one attached hydrogen (secondary N) is 1. The maximum atomic E-state index is 12.6. The molecule has 2 atom stereocenters. The van der Waals surface area contributed by atoms with Gasteiger partial charge in [0.25, 0.3) is 0 Å². The van der Waals surface area contributed by atoms with Gasteiger partial charge in [-0.2, -0.15) is 13.2 Å². The molecule has 3 nitrogen and oxygen atoms in total. The van der Waals surface area contributed by atoms with Crippen molar-refractivity contribution < 1.29 is 18.0 Å². The van der Waals surface area contributed by atoms with Gasteiger partial charge >= 0.3 is 6.18 Å². The number of nitrogens with two attached hydrogens (primary N) is 1. The minimum atomic E-state index is -4.18. The Hall–Kier alpha value is -0.780. The summed E-state index contributed by atoms with van der Waals surface area (Å²) in [5, 5.41) is 2.85. The number of halogens is 3. The van der Waals surface area contributed by atoms with E-state index in [0.29, 0.717) is 12.8 Å². The van der Waals surface area contributed by atoms with Gasteiger partial charge in [-0.3, -0.25) is 4.79 Å². The molecule has 0 bridgehead atoms. The number of carbonyl (C=O) groups excluding carboxylic acids is 1. The Kier molecular flexibility index (Phi) is 3.83. The van der Waals surface area contributed by atoms with E-state index in [4.69, 9.17) is 5.73 Å². The molecule has 0 heterocycles. The zero-order valence-electron chi connectivity index (χ0n) is 9.23. The van der Waals surface area contributed by atoms with Gasteiger partial charge in [0.2, 0.25) is 5.91 Å². The van der Waals surface area contributed by atoms with E-state index < -0.39 is 23.5 Å². The topological polar surface area (TPSA) is 55.1 Å². The highest BCUT2D eigenvalue weighted by atomic mass is 19.4. The summed E-state index contributed by atoms with van der Waals surface area (Å²) in [6.45, 7) is 0. The van der Waals surface area contributed by atoms with Crippen LogP contribution in [0.15, 0.2) is 0 Å². The van der Waals surface area contributed by atoms with E-state index in [2.05, 4.69) is 5.32 Å². The van der Waals surface area contributed by atoms with Crippen LogP contribution in [0.4, 0.5) is 13.2 Å². The van der Waals surface area contributed by atoms with Gasteiger partial charge in [-0.15, -0.1) is 0 Å². The number of hydrogen-bond donors (Lipinski definition) is 2. The maximum absolute atomic E-state index is 12.6.